The second kappa shape index (κ2) is 7.74. The zero-order valence-electron chi connectivity index (χ0n) is 14.0. The molecule has 1 rings (SSSR count). The number of ether oxygens (including phenoxy) is 2. The molecule has 122 valence electrons. The number of methoxy groups -OCH3 is 2. The van der Waals surface area contributed by atoms with Gasteiger partial charge in [0.05, 0.1) is 31.5 Å². The SMILES string of the molecule is CCC(C)(OC)C(NN)c1c(OC)cnn1CCN(C)C. The molecule has 7 nitrogen and oxygen atoms in total. The predicted octanol–water partition coefficient (Wildman–Crippen LogP) is 0.773. The number of nitrogens with two attached hydrogens (primary N) is 1. The zero-order valence-corrected chi connectivity index (χ0v) is 14.0. The molecule has 0 bridgehead atoms. The molecular formula is C14H29N5O2. The largest absolute Gasteiger partial charge is 0.493 e. The molecule has 21 heavy (non-hydrogen) atoms. The van der Waals surface area contributed by atoms with E-state index in [-0.39, 0.29) is 6.04 Å². The molecule has 7 heteroatoms. The van der Waals surface area contributed by atoms with E-state index in [1.54, 1.807) is 20.4 Å². The molecular weight excluding hydrogens is 270 g/mol. The second-order valence-corrected chi connectivity index (χ2v) is 5.59. The normalized spacial score (nSPS) is 16.0. The van der Waals surface area contributed by atoms with Crippen molar-refractivity contribution < 1.29 is 9.47 Å². The lowest BCUT2D eigenvalue weighted by atomic mass is 9.90. The van der Waals surface area contributed by atoms with E-state index in [4.69, 9.17) is 15.3 Å². The molecule has 2 atom stereocenters. The molecule has 1 aromatic rings. The van der Waals surface area contributed by atoms with Gasteiger partial charge in [-0.2, -0.15) is 5.10 Å². The van der Waals surface area contributed by atoms with Gasteiger partial charge < -0.3 is 14.4 Å². The molecule has 0 radical (unpaired) electrons. The quantitative estimate of drug-likeness (QED) is 0.518. The number of hydrogen-bond acceptors (Lipinski definition) is 6. The molecule has 0 spiro atoms. The van der Waals surface area contributed by atoms with Crippen molar-refractivity contribution in [3.05, 3.63) is 11.9 Å². The molecule has 3 N–H and O–H groups in total. The van der Waals surface area contributed by atoms with Gasteiger partial charge in [0.2, 0.25) is 0 Å². The van der Waals surface area contributed by atoms with Crippen molar-refractivity contribution in [3.8, 4) is 5.75 Å². The van der Waals surface area contributed by atoms with Crippen LogP contribution in [-0.2, 0) is 11.3 Å². The molecule has 0 saturated heterocycles. The highest BCUT2D eigenvalue weighted by atomic mass is 16.5. The lowest BCUT2D eigenvalue weighted by molar-refractivity contribution is -0.0329. The smallest absolute Gasteiger partial charge is 0.161 e. The first-order chi connectivity index (χ1) is 9.93. The third-order valence-electron chi connectivity index (χ3n) is 4.04. The number of likely N-dealkylation sites (N-methyl/N-ethyl adjacent to an activating group) is 1. The molecule has 0 aliphatic carbocycles. The van der Waals surface area contributed by atoms with E-state index >= 15 is 0 Å². The fourth-order valence-electron chi connectivity index (χ4n) is 2.31. The highest BCUT2D eigenvalue weighted by molar-refractivity contribution is 5.30. The van der Waals surface area contributed by atoms with Crippen LogP contribution in [0.5, 0.6) is 5.75 Å². The van der Waals surface area contributed by atoms with Crippen LogP contribution in [0.2, 0.25) is 0 Å². The van der Waals surface area contributed by atoms with Gasteiger partial charge in [0.25, 0.3) is 0 Å². The van der Waals surface area contributed by atoms with Crippen LogP contribution in [0.4, 0.5) is 0 Å². The highest BCUT2D eigenvalue weighted by Gasteiger charge is 2.37. The Hall–Kier alpha value is -1.15. The maximum absolute atomic E-state index is 5.81. The molecule has 2 unspecified atom stereocenters. The van der Waals surface area contributed by atoms with Crippen LogP contribution in [0.1, 0.15) is 32.0 Å². The third-order valence-corrected chi connectivity index (χ3v) is 4.04. The molecule has 0 aliphatic heterocycles. The highest BCUT2D eigenvalue weighted by Crippen LogP contribution is 2.35. The van der Waals surface area contributed by atoms with Gasteiger partial charge in [-0.05, 0) is 27.4 Å². The number of hydrazine groups is 1. The van der Waals surface area contributed by atoms with Gasteiger partial charge in [-0.25, -0.2) is 5.43 Å². The first-order valence-electron chi connectivity index (χ1n) is 7.19. The summed E-state index contributed by atoms with van der Waals surface area (Å²) in [7, 11) is 7.40. The average molecular weight is 299 g/mol. The number of aromatic nitrogens is 2. The van der Waals surface area contributed by atoms with Crippen molar-refractivity contribution in [1.29, 1.82) is 0 Å². The Morgan fingerprint density at radius 2 is 2.14 bits per heavy atom. The van der Waals surface area contributed by atoms with Crippen LogP contribution in [0, 0.1) is 0 Å². The van der Waals surface area contributed by atoms with Gasteiger partial charge in [0.1, 0.15) is 5.69 Å². The summed E-state index contributed by atoms with van der Waals surface area (Å²) >= 11 is 0. The van der Waals surface area contributed by atoms with Crippen LogP contribution >= 0.6 is 0 Å². The van der Waals surface area contributed by atoms with Crippen LogP contribution < -0.4 is 16.0 Å². The first kappa shape index (κ1) is 17.9. The Bertz CT molecular complexity index is 429. The fraction of sp³-hybridized carbons (Fsp3) is 0.786. The second-order valence-electron chi connectivity index (χ2n) is 5.59. The van der Waals surface area contributed by atoms with Crippen molar-refractivity contribution in [1.82, 2.24) is 20.1 Å². The van der Waals surface area contributed by atoms with E-state index in [1.165, 1.54) is 0 Å². The summed E-state index contributed by atoms with van der Waals surface area (Å²) in [6.07, 6.45) is 2.53. The van der Waals surface area contributed by atoms with Gasteiger partial charge in [-0.3, -0.25) is 10.5 Å². The summed E-state index contributed by atoms with van der Waals surface area (Å²) in [4.78, 5) is 2.11. The van der Waals surface area contributed by atoms with Gasteiger partial charge in [-0.1, -0.05) is 6.92 Å². The lowest BCUT2D eigenvalue weighted by Crippen LogP contribution is -2.47. The van der Waals surface area contributed by atoms with E-state index in [2.05, 4.69) is 22.3 Å². The van der Waals surface area contributed by atoms with Crippen LogP contribution in [0.3, 0.4) is 0 Å². The van der Waals surface area contributed by atoms with E-state index in [9.17, 15) is 0 Å². The lowest BCUT2D eigenvalue weighted by Gasteiger charge is -2.35. The molecule has 0 aromatic carbocycles. The van der Waals surface area contributed by atoms with E-state index in [0.717, 1.165) is 25.2 Å². The minimum absolute atomic E-state index is 0.216. The van der Waals surface area contributed by atoms with Crippen LogP contribution in [0.25, 0.3) is 0 Å². The van der Waals surface area contributed by atoms with E-state index < -0.39 is 5.60 Å². The molecule has 0 aliphatic rings. The summed E-state index contributed by atoms with van der Waals surface area (Å²) in [5.41, 5.74) is 3.33. The number of rotatable bonds is 9. The number of nitrogens with one attached hydrogen (secondary N) is 1. The minimum atomic E-state index is -0.446. The summed E-state index contributed by atoms with van der Waals surface area (Å²) in [6.45, 7) is 5.74. The Morgan fingerprint density at radius 1 is 1.48 bits per heavy atom. The van der Waals surface area contributed by atoms with Gasteiger partial charge >= 0.3 is 0 Å². The number of hydrogen-bond donors (Lipinski definition) is 2. The fourth-order valence-corrected chi connectivity index (χ4v) is 2.31. The summed E-state index contributed by atoms with van der Waals surface area (Å²) < 4.78 is 13.1. The van der Waals surface area contributed by atoms with Gasteiger partial charge in [0.15, 0.2) is 5.75 Å². The molecule has 0 amide bonds. The van der Waals surface area contributed by atoms with Gasteiger partial charge in [0, 0.05) is 13.7 Å². The zero-order chi connectivity index (χ0) is 16.0. The average Bonchev–Trinajstić information content (AvgIpc) is 2.88. The standard InChI is InChI=1S/C14H29N5O2/c1-7-14(2,21-6)13(17-15)12-11(20-5)10-16-19(12)9-8-18(3)4/h10,13,17H,7-9,15H2,1-6H3. The molecule has 1 heterocycles. The minimum Gasteiger partial charge on any atom is -0.493 e. The summed E-state index contributed by atoms with van der Waals surface area (Å²) in [5.74, 6) is 6.53. The maximum Gasteiger partial charge on any atom is 0.161 e. The van der Waals surface area contributed by atoms with Crippen molar-refractivity contribution in [2.75, 3.05) is 34.9 Å². The Kier molecular flexibility index (Phi) is 6.60. The van der Waals surface area contributed by atoms with Crippen molar-refractivity contribution in [2.24, 2.45) is 5.84 Å². The van der Waals surface area contributed by atoms with Crippen molar-refractivity contribution >= 4 is 0 Å². The number of nitrogens with zero attached hydrogens (tertiary/aromatic N) is 3. The Labute approximate surface area is 127 Å². The molecule has 0 saturated carbocycles. The summed E-state index contributed by atoms with van der Waals surface area (Å²) in [5, 5.41) is 4.42. The topological polar surface area (TPSA) is 77.6 Å². The van der Waals surface area contributed by atoms with E-state index in [1.807, 2.05) is 25.7 Å². The van der Waals surface area contributed by atoms with E-state index in [0.29, 0.717) is 5.75 Å². The first-order valence-corrected chi connectivity index (χ1v) is 7.19. The maximum atomic E-state index is 5.81. The third kappa shape index (κ3) is 3.94. The van der Waals surface area contributed by atoms with Crippen molar-refractivity contribution in [3.63, 3.8) is 0 Å². The molecule has 1 aromatic heterocycles. The molecule has 0 fully saturated rings. The Morgan fingerprint density at radius 3 is 2.57 bits per heavy atom. The van der Waals surface area contributed by atoms with Gasteiger partial charge in [-0.15, -0.1) is 0 Å². The van der Waals surface area contributed by atoms with Crippen LogP contribution in [-0.4, -0.2) is 55.1 Å². The summed E-state index contributed by atoms with van der Waals surface area (Å²) in [6, 6.07) is -0.216. The Balaban J connectivity index is 3.20. The predicted molar refractivity (Wildman–Crippen MR) is 83.1 cm³/mol. The van der Waals surface area contributed by atoms with Crippen LogP contribution in [0.15, 0.2) is 6.20 Å². The van der Waals surface area contributed by atoms with Crippen molar-refractivity contribution in [2.45, 2.75) is 38.5 Å². The monoisotopic (exact) mass is 299 g/mol.